The molecule has 2 aromatic carbocycles. The molecule has 4 nitrogen and oxygen atoms in total. The zero-order valence-corrected chi connectivity index (χ0v) is 13.4. The summed E-state index contributed by atoms with van der Waals surface area (Å²) < 4.78 is 5.33. The minimum absolute atomic E-state index is 0.115. The van der Waals surface area contributed by atoms with Crippen molar-refractivity contribution >= 4 is 29.1 Å². The topological polar surface area (TPSA) is 58.6 Å². The van der Waals surface area contributed by atoms with Gasteiger partial charge in [-0.25, -0.2) is 0 Å². The van der Waals surface area contributed by atoms with E-state index in [9.17, 15) is 4.79 Å². The van der Waals surface area contributed by atoms with Crippen molar-refractivity contribution in [3.63, 3.8) is 0 Å². The van der Waals surface area contributed by atoms with Gasteiger partial charge in [-0.05, 0) is 48.9 Å². The first-order chi connectivity index (χ1) is 10.5. The molecule has 1 atom stereocenters. The van der Waals surface area contributed by atoms with E-state index in [1.54, 1.807) is 30.3 Å². The molecule has 0 aromatic heterocycles. The number of phenols is 1. The second-order valence-electron chi connectivity index (χ2n) is 4.75. The lowest BCUT2D eigenvalue weighted by molar-refractivity contribution is -0.123. The van der Waals surface area contributed by atoms with E-state index in [1.165, 1.54) is 12.1 Å². The quantitative estimate of drug-likeness (QED) is 0.866. The van der Waals surface area contributed by atoms with E-state index in [0.29, 0.717) is 15.8 Å². The van der Waals surface area contributed by atoms with Gasteiger partial charge >= 0.3 is 0 Å². The molecule has 0 aliphatic rings. The number of halogens is 2. The Morgan fingerprint density at radius 2 is 1.86 bits per heavy atom. The molecular weight excluding hydrogens is 325 g/mol. The minimum atomic E-state index is -0.258. The summed E-state index contributed by atoms with van der Waals surface area (Å²) in [5.41, 5.74) is 0.854. The Morgan fingerprint density at radius 1 is 1.18 bits per heavy atom. The molecule has 2 rings (SSSR count). The number of aromatic hydroxyl groups is 1. The van der Waals surface area contributed by atoms with Gasteiger partial charge < -0.3 is 15.2 Å². The number of carbonyl (C=O) groups is 1. The Hall–Kier alpha value is -1.91. The van der Waals surface area contributed by atoms with Crippen LogP contribution in [0.5, 0.6) is 11.5 Å². The van der Waals surface area contributed by atoms with Crippen LogP contribution in [0.1, 0.15) is 18.5 Å². The zero-order valence-electron chi connectivity index (χ0n) is 11.8. The molecule has 116 valence electrons. The van der Waals surface area contributed by atoms with Gasteiger partial charge in [0.05, 0.1) is 16.1 Å². The maximum absolute atomic E-state index is 11.9. The second kappa shape index (κ2) is 7.38. The second-order valence-corrected chi connectivity index (χ2v) is 5.56. The van der Waals surface area contributed by atoms with Crippen LogP contribution in [0.25, 0.3) is 0 Å². The van der Waals surface area contributed by atoms with Crippen LogP contribution in [0.15, 0.2) is 42.5 Å². The highest BCUT2D eigenvalue weighted by molar-refractivity contribution is 6.42. The molecule has 0 aliphatic carbocycles. The average molecular weight is 340 g/mol. The van der Waals surface area contributed by atoms with Gasteiger partial charge in [-0.15, -0.1) is 0 Å². The van der Waals surface area contributed by atoms with Crippen LogP contribution >= 0.6 is 23.2 Å². The molecule has 0 fully saturated rings. The van der Waals surface area contributed by atoms with Crippen molar-refractivity contribution < 1.29 is 14.6 Å². The van der Waals surface area contributed by atoms with Crippen molar-refractivity contribution in [2.24, 2.45) is 0 Å². The van der Waals surface area contributed by atoms with Crippen LogP contribution in [0, 0.1) is 0 Å². The number of phenolic OH excluding ortho intramolecular Hbond substituents is 1. The van der Waals surface area contributed by atoms with Gasteiger partial charge in [-0.3, -0.25) is 4.79 Å². The molecule has 0 heterocycles. The number of nitrogens with one attached hydrogen (secondary N) is 1. The third-order valence-electron chi connectivity index (χ3n) is 3.03. The highest BCUT2D eigenvalue weighted by Gasteiger charge is 2.11. The normalized spacial score (nSPS) is 11.8. The monoisotopic (exact) mass is 339 g/mol. The predicted molar refractivity (Wildman–Crippen MR) is 86.6 cm³/mol. The van der Waals surface area contributed by atoms with Crippen LogP contribution in [0.3, 0.4) is 0 Å². The van der Waals surface area contributed by atoms with Crippen molar-refractivity contribution in [3.05, 3.63) is 58.1 Å². The SMILES string of the molecule is C[C@@H](NC(=O)COc1ccc(O)cc1)c1ccc(Cl)c(Cl)c1. The lowest BCUT2D eigenvalue weighted by atomic mass is 10.1. The molecule has 0 unspecified atom stereocenters. The third kappa shape index (κ3) is 4.55. The molecule has 2 N–H and O–H groups in total. The first kappa shape index (κ1) is 16.5. The first-order valence-corrected chi connectivity index (χ1v) is 7.37. The lowest BCUT2D eigenvalue weighted by Gasteiger charge is -2.15. The number of rotatable bonds is 5. The largest absolute Gasteiger partial charge is 0.508 e. The molecular formula is C16H15Cl2NO3. The minimum Gasteiger partial charge on any atom is -0.508 e. The molecule has 22 heavy (non-hydrogen) atoms. The molecule has 0 saturated carbocycles. The van der Waals surface area contributed by atoms with Gasteiger partial charge in [-0.1, -0.05) is 29.3 Å². The van der Waals surface area contributed by atoms with Crippen LogP contribution in [0.4, 0.5) is 0 Å². The van der Waals surface area contributed by atoms with Crippen LogP contribution in [-0.2, 0) is 4.79 Å². The van der Waals surface area contributed by atoms with E-state index in [1.807, 2.05) is 6.92 Å². The standard InChI is InChI=1S/C16H15Cl2NO3/c1-10(11-2-7-14(17)15(18)8-11)19-16(21)9-22-13-5-3-12(20)4-6-13/h2-8,10,20H,9H2,1H3,(H,19,21)/t10-/m1/s1. The summed E-state index contributed by atoms with van der Waals surface area (Å²) in [7, 11) is 0. The van der Waals surface area contributed by atoms with Crippen LogP contribution in [-0.4, -0.2) is 17.6 Å². The van der Waals surface area contributed by atoms with Gasteiger partial charge in [-0.2, -0.15) is 0 Å². The van der Waals surface area contributed by atoms with Crippen molar-refractivity contribution in [1.82, 2.24) is 5.32 Å². The van der Waals surface area contributed by atoms with E-state index < -0.39 is 0 Å². The van der Waals surface area contributed by atoms with E-state index in [4.69, 9.17) is 33.0 Å². The van der Waals surface area contributed by atoms with Crippen molar-refractivity contribution in [2.45, 2.75) is 13.0 Å². The smallest absolute Gasteiger partial charge is 0.258 e. The maximum atomic E-state index is 11.9. The zero-order chi connectivity index (χ0) is 16.1. The molecule has 1 amide bonds. The summed E-state index contributed by atoms with van der Waals surface area (Å²) in [6, 6.07) is 11.2. The number of amides is 1. The van der Waals surface area contributed by atoms with Crippen molar-refractivity contribution in [1.29, 1.82) is 0 Å². The summed E-state index contributed by atoms with van der Waals surface area (Å²) in [6.07, 6.45) is 0. The Morgan fingerprint density at radius 3 is 2.50 bits per heavy atom. The van der Waals surface area contributed by atoms with Gasteiger partial charge in [0.25, 0.3) is 5.91 Å². The van der Waals surface area contributed by atoms with Gasteiger partial charge in [0.2, 0.25) is 0 Å². The Bertz CT molecular complexity index is 659. The van der Waals surface area contributed by atoms with E-state index in [0.717, 1.165) is 5.56 Å². The fraction of sp³-hybridized carbons (Fsp3) is 0.188. The predicted octanol–water partition coefficient (Wildman–Crippen LogP) is 3.96. The van der Waals surface area contributed by atoms with E-state index in [-0.39, 0.29) is 24.3 Å². The Balaban J connectivity index is 1.88. The van der Waals surface area contributed by atoms with E-state index >= 15 is 0 Å². The van der Waals surface area contributed by atoms with Crippen LogP contribution < -0.4 is 10.1 Å². The molecule has 0 bridgehead atoms. The summed E-state index contributed by atoms with van der Waals surface area (Å²) in [5.74, 6) is 0.395. The number of carbonyl (C=O) groups excluding carboxylic acids is 1. The summed E-state index contributed by atoms with van der Waals surface area (Å²) in [5, 5.41) is 12.9. The van der Waals surface area contributed by atoms with E-state index in [2.05, 4.69) is 5.32 Å². The van der Waals surface area contributed by atoms with Crippen LogP contribution in [0.2, 0.25) is 10.0 Å². The fourth-order valence-corrected chi connectivity index (χ4v) is 2.15. The molecule has 0 spiro atoms. The summed E-state index contributed by atoms with van der Waals surface area (Å²) in [6.45, 7) is 1.73. The van der Waals surface area contributed by atoms with Crippen molar-refractivity contribution in [3.8, 4) is 11.5 Å². The number of hydrogen-bond donors (Lipinski definition) is 2. The van der Waals surface area contributed by atoms with Gasteiger partial charge in [0.15, 0.2) is 6.61 Å². The average Bonchev–Trinajstić information content (AvgIpc) is 2.49. The van der Waals surface area contributed by atoms with Crippen molar-refractivity contribution in [2.75, 3.05) is 6.61 Å². The third-order valence-corrected chi connectivity index (χ3v) is 3.77. The van der Waals surface area contributed by atoms with Gasteiger partial charge in [0, 0.05) is 0 Å². The Labute approximate surface area is 138 Å². The maximum Gasteiger partial charge on any atom is 0.258 e. The first-order valence-electron chi connectivity index (χ1n) is 6.62. The molecule has 0 aliphatic heterocycles. The number of ether oxygens (including phenoxy) is 1. The Kier molecular flexibility index (Phi) is 5.52. The molecule has 0 radical (unpaired) electrons. The van der Waals surface area contributed by atoms with Gasteiger partial charge in [0.1, 0.15) is 11.5 Å². The lowest BCUT2D eigenvalue weighted by Crippen LogP contribution is -2.31. The summed E-state index contributed by atoms with van der Waals surface area (Å²) in [4.78, 5) is 11.9. The highest BCUT2D eigenvalue weighted by Crippen LogP contribution is 2.25. The highest BCUT2D eigenvalue weighted by atomic mass is 35.5. The molecule has 0 saturated heterocycles. The summed E-state index contributed by atoms with van der Waals surface area (Å²) >= 11 is 11.8. The number of hydrogen-bond acceptors (Lipinski definition) is 3. The fourth-order valence-electron chi connectivity index (χ4n) is 1.84. The number of benzene rings is 2. The molecule has 2 aromatic rings. The molecule has 6 heteroatoms.